The van der Waals surface area contributed by atoms with Crippen molar-refractivity contribution in [1.82, 2.24) is 5.32 Å². The molecule has 0 aliphatic heterocycles. The molecule has 0 saturated carbocycles. The van der Waals surface area contributed by atoms with Gasteiger partial charge in [-0.2, -0.15) is 0 Å². The van der Waals surface area contributed by atoms with Crippen molar-refractivity contribution in [2.24, 2.45) is 0 Å². The first-order valence-electron chi connectivity index (χ1n) is 19.1. The Kier molecular flexibility index (Phi) is 34.4. The maximum Gasteiger partial charge on any atom is 0.220 e. The van der Waals surface area contributed by atoms with E-state index in [1.807, 2.05) is 6.08 Å². The molecule has 254 valence electrons. The molecule has 0 aliphatic carbocycles. The van der Waals surface area contributed by atoms with E-state index in [1.165, 1.54) is 154 Å². The van der Waals surface area contributed by atoms with Crippen LogP contribution in [-0.4, -0.2) is 34.9 Å². The average molecular weight is 606 g/mol. The molecule has 0 saturated heterocycles. The molecule has 0 radical (unpaired) electrons. The highest BCUT2D eigenvalue weighted by atomic mass is 16.3. The summed E-state index contributed by atoms with van der Waals surface area (Å²) in [6, 6.07) is -0.620. The van der Waals surface area contributed by atoms with E-state index in [0.717, 1.165) is 25.7 Å². The molecule has 0 rings (SSSR count). The van der Waals surface area contributed by atoms with Gasteiger partial charge >= 0.3 is 0 Å². The van der Waals surface area contributed by atoms with Crippen LogP contribution in [0.4, 0.5) is 0 Å². The topological polar surface area (TPSA) is 69.6 Å². The molecule has 0 aliphatic rings. The van der Waals surface area contributed by atoms with Crippen LogP contribution in [0.3, 0.4) is 0 Å². The van der Waals surface area contributed by atoms with Crippen LogP contribution in [0.25, 0.3) is 0 Å². The quantitative estimate of drug-likeness (QED) is 0.0505. The molecule has 0 aromatic carbocycles. The van der Waals surface area contributed by atoms with Crippen LogP contribution in [0.2, 0.25) is 0 Å². The second-order valence-corrected chi connectivity index (χ2v) is 13.0. The van der Waals surface area contributed by atoms with Crippen LogP contribution < -0.4 is 5.32 Å². The molecule has 4 nitrogen and oxygen atoms in total. The average Bonchev–Trinajstić information content (AvgIpc) is 3.01. The molecule has 4 heteroatoms. The van der Waals surface area contributed by atoms with Crippen molar-refractivity contribution in [2.75, 3.05) is 6.61 Å². The lowest BCUT2D eigenvalue weighted by molar-refractivity contribution is -0.123. The van der Waals surface area contributed by atoms with Crippen LogP contribution in [0.15, 0.2) is 24.3 Å². The summed E-state index contributed by atoms with van der Waals surface area (Å²) in [5.74, 6) is -0.0659. The standard InChI is InChI=1S/C39H75NO3/c1-3-5-7-9-11-13-15-17-18-19-20-21-23-25-27-29-31-33-35-39(43)40-37(36-41)38(42)34-32-30-28-26-24-22-16-14-12-10-8-6-4-2/h8,10,32,34,37-38,41-42H,3-7,9,11-31,33,35-36H2,1-2H3,(H,40,43)/b10-8+,34-32+/t37-,38+/m0/s1. The third-order valence-corrected chi connectivity index (χ3v) is 8.66. The summed E-state index contributed by atoms with van der Waals surface area (Å²) in [7, 11) is 0. The molecule has 0 aromatic heterocycles. The summed E-state index contributed by atoms with van der Waals surface area (Å²) < 4.78 is 0. The highest BCUT2D eigenvalue weighted by molar-refractivity contribution is 5.76. The fourth-order valence-corrected chi connectivity index (χ4v) is 5.71. The summed E-state index contributed by atoms with van der Waals surface area (Å²) in [6.45, 7) is 4.25. The minimum Gasteiger partial charge on any atom is -0.394 e. The number of hydrogen-bond acceptors (Lipinski definition) is 3. The van der Waals surface area contributed by atoms with E-state index >= 15 is 0 Å². The number of amides is 1. The molecule has 0 aromatic rings. The number of hydrogen-bond donors (Lipinski definition) is 3. The maximum atomic E-state index is 12.3. The number of rotatable bonds is 34. The number of allylic oxidation sites excluding steroid dienone is 3. The number of aliphatic hydroxyl groups excluding tert-OH is 2. The van der Waals surface area contributed by atoms with E-state index in [2.05, 4.69) is 31.3 Å². The van der Waals surface area contributed by atoms with Crippen molar-refractivity contribution in [2.45, 2.75) is 212 Å². The van der Waals surface area contributed by atoms with Gasteiger partial charge in [-0.25, -0.2) is 0 Å². The van der Waals surface area contributed by atoms with Crippen LogP contribution in [0, 0.1) is 0 Å². The smallest absolute Gasteiger partial charge is 0.220 e. The summed E-state index contributed by atoms with van der Waals surface area (Å²) in [4.78, 5) is 12.3. The lowest BCUT2D eigenvalue weighted by atomic mass is 10.0. The molecular formula is C39H75NO3. The molecule has 1 amide bonds. The molecule has 0 fully saturated rings. The second kappa shape index (κ2) is 35.4. The SMILES string of the molecule is CCC/C=C/CCCCCCCC/C=C/[C@@H](O)[C@H](CO)NC(=O)CCCCCCCCCCCCCCCCCCCC. The Morgan fingerprint density at radius 1 is 0.535 bits per heavy atom. The molecule has 0 unspecified atom stereocenters. The molecule has 3 N–H and O–H groups in total. The number of aliphatic hydroxyl groups is 2. The molecule has 0 heterocycles. The Balaban J connectivity index is 3.57. The highest BCUT2D eigenvalue weighted by Crippen LogP contribution is 2.15. The van der Waals surface area contributed by atoms with Gasteiger partial charge in [-0.3, -0.25) is 4.79 Å². The lowest BCUT2D eigenvalue weighted by Gasteiger charge is -2.20. The van der Waals surface area contributed by atoms with Gasteiger partial charge in [-0.1, -0.05) is 179 Å². The number of carbonyl (C=O) groups is 1. The third kappa shape index (κ3) is 32.1. The van der Waals surface area contributed by atoms with Gasteiger partial charge in [-0.05, 0) is 38.5 Å². The largest absolute Gasteiger partial charge is 0.394 e. The summed E-state index contributed by atoms with van der Waals surface area (Å²) >= 11 is 0. The molecule has 0 bridgehead atoms. The van der Waals surface area contributed by atoms with E-state index in [-0.39, 0.29) is 12.5 Å². The third-order valence-electron chi connectivity index (χ3n) is 8.66. The zero-order valence-corrected chi connectivity index (χ0v) is 29.0. The first-order chi connectivity index (χ1) is 21.2. The summed E-state index contributed by atoms with van der Waals surface area (Å²) in [5.41, 5.74) is 0. The van der Waals surface area contributed by atoms with Gasteiger partial charge in [0.25, 0.3) is 0 Å². The fraction of sp³-hybridized carbons (Fsp3) is 0.872. The van der Waals surface area contributed by atoms with Crippen LogP contribution >= 0.6 is 0 Å². The van der Waals surface area contributed by atoms with E-state index < -0.39 is 12.1 Å². The van der Waals surface area contributed by atoms with E-state index in [0.29, 0.717) is 6.42 Å². The van der Waals surface area contributed by atoms with Crippen LogP contribution in [0.5, 0.6) is 0 Å². The van der Waals surface area contributed by atoms with Gasteiger partial charge in [0.15, 0.2) is 0 Å². The summed E-state index contributed by atoms with van der Waals surface area (Å²) in [5, 5.41) is 22.9. The lowest BCUT2D eigenvalue weighted by Crippen LogP contribution is -2.45. The highest BCUT2D eigenvalue weighted by Gasteiger charge is 2.17. The second-order valence-electron chi connectivity index (χ2n) is 13.0. The zero-order valence-electron chi connectivity index (χ0n) is 29.0. The molecular weight excluding hydrogens is 530 g/mol. The number of nitrogens with one attached hydrogen (secondary N) is 1. The van der Waals surface area contributed by atoms with Crippen LogP contribution in [0.1, 0.15) is 200 Å². The van der Waals surface area contributed by atoms with Crippen molar-refractivity contribution in [1.29, 1.82) is 0 Å². The Morgan fingerprint density at radius 2 is 0.930 bits per heavy atom. The van der Waals surface area contributed by atoms with Crippen molar-refractivity contribution in [3.8, 4) is 0 Å². The predicted octanol–water partition coefficient (Wildman–Crippen LogP) is 11.3. The summed E-state index contributed by atoms with van der Waals surface area (Å²) in [6.07, 6.45) is 44.1. The van der Waals surface area contributed by atoms with Gasteiger partial charge in [0.1, 0.15) is 0 Å². The van der Waals surface area contributed by atoms with Gasteiger partial charge < -0.3 is 15.5 Å². The fourth-order valence-electron chi connectivity index (χ4n) is 5.71. The minimum absolute atomic E-state index is 0.0659. The molecule has 2 atom stereocenters. The van der Waals surface area contributed by atoms with Crippen molar-refractivity contribution >= 4 is 5.91 Å². The Labute approximate surface area is 269 Å². The van der Waals surface area contributed by atoms with E-state index in [4.69, 9.17) is 0 Å². The monoisotopic (exact) mass is 606 g/mol. The Hall–Kier alpha value is -1.13. The predicted molar refractivity (Wildman–Crippen MR) is 189 cm³/mol. The van der Waals surface area contributed by atoms with Gasteiger partial charge in [0, 0.05) is 6.42 Å². The molecule has 43 heavy (non-hydrogen) atoms. The maximum absolute atomic E-state index is 12.3. The van der Waals surface area contributed by atoms with Crippen LogP contribution in [-0.2, 0) is 4.79 Å². The van der Waals surface area contributed by atoms with Gasteiger partial charge in [0.2, 0.25) is 5.91 Å². The van der Waals surface area contributed by atoms with Crippen molar-refractivity contribution in [3.63, 3.8) is 0 Å². The zero-order chi connectivity index (χ0) is 31.5. The van der Waals surface area contributed by atoms with E-state index in [1.54, 1.807) is 6.08 Å². The first kappa shape index (κ1) is 41.9. The number of unbranched alkanes of at least 4 members (excludes halogenated alkanes) is 25. The minimum atomic E-state index is -0.838. The van der Waals surface area contributed by atoms with Gasteiger partial charge in [0.05, 0.1) is 18.8 Å². The molecule has 0 spiro atoms. The Morgan fingerprint density at radius 3 is 1.37 bits per heavy atom. The van der Waals surface area contributed by atoms with Gasteiger partial charge in [-0.15, -0.1) is 0 Å². The Bertz CT molecular complexity index is 618. The van der Waals surface area contributed by atoms with Crippen molar-refractivity contribution in [3.05, 3.63) is 24.3 Å². The number of carbonyl (C=O) groups excluding carboxylic acids is 1. The van der Waals surface area contributed by atoms with E-state index in [9.17, 15) is 15.0 Å². The first-order valence-corrected chi connectivity index (χ1v) is 19.1. The van der Waals surface area contributed by atoms with Crippen molar-refractivity contribution < 1.29 is 15.0 Å². The normalized spacial score (nSPS) is 13.3.